The summed E-state index contributed by atoms with van der Waals surface area (Å²) in [7, 11) is 0. The lowest BCUT2D eigenvalue weighted by Crippen LogP contribution is -1.97. The van der Waals surface area contributed by atoms with Gasteiger partial charge >= 0.3 is 0 Å². The Morgan fingerprint density at radius 3 is 2.00 bits per heavy atom. The number of nitrogens with zero attached hydrogens (tertiary/aromatic N) is 2. The van der Waals surface area contributed by atoms with Gasteiger partial charge in [0.15, 0.2) is 5.82 Å². The lowest BCUT2D eigenvalue weighted by atomic mass is 10.1. The van der Waals surface area contributed by atoms with Crippen LogP contribution in [-0.4, -0.2) is 9.97 Å². The molecule has 4 heteroatoms. The van der Waals surface area contributed by atoms with Crippen molar-refractivity contribution in [3.63, 3.8) is 0 Å². The SMILES string of the molecule is CCCc1c(Cl)nc(-c2ccc(CC)cc2)nc1Cl. The van der Waals surface area contributed by atoms with Gasteiger partial charge in [-0.15, -0.1) is 0 Å². The Kier molecular flexibility index (Phi) is 4.78. The molecule has 0 bridgehead atoms. The molecule has 0 N–H and O–H groups in total. The van der Waals surface area contributed by atoms with E-state index in [1.165, 1.54) is 5.56 Å². The van der Waals surface area contributed by atoms with Crippen molar-refractivity contribution in [3.05, 3.63) is 45.7 Å². The molecule has 1 aromatic carbocycles. The van der Waals surface area contributed by atoms with Gasteiger partial charge in [-0.2, -0.15) is 0 Å². The Morgan fingerprint density at radius 2 is 1.53 bits per heavy atom. The highest BCUT2D eigenvalue weighted by Gasteiger charge is 2.12. The third-order valence-electron chi connectivity index (χ3n) is 3.03. The molecule has 2 aromatic rings. The molecule has 1 heterocycles. The third-order valence-corrected chi connectivity index (χ3v) is 3.65. The van der Waals surface area contributed by atoms with Gasteiger partial charge in [-0.3, -0.25) is 0 Å². The second-order valence-electron chi connectivity index (χ2n) is 4.41. The van der Waals surface area contributed by atoms with E-state index in [-0.39, 0.29) is 0 Å². The van der Waals surface area contributed by atoms with E-state index in [0.717, 1.165) is 30.4 Å². The van der Waals surface area contributed by atoms with Gasteiger partial charge in [0.25, 0.3) is 0 Å². The molecule has 0 atom stereocenters. The van der Waals surface area contributed by atoms with Crippen molar-refractivity contribution in [1.82, 2.24) is 9.97 Å². The molecule has 2 nitrogen and oxygen atoms in total. The summed E-state index contributed by atoms with van der Waals surface area (Å²) < 4.78 is 0. The molecule has 0 aliphatic carbocycles. The Hall–Kier alpha value is -1.12. The predicted octanol–water partition coefficient (Wildman–Crippen LogP) is 4.97. The largest absolute Gasteiger partial charge is 0.216 e. The number of rotatable bonds is 4. The van der Waals surface area contributed by atoms with Crippen molar-refractivity contribution in [3.8, 4) is 11.4 Å². The molecule has 0 aliphatic heterocycles. The monoisotopic (exact) mass is 294 g/mol. The molecule has 0 fully saturated rings. The van der Waals surface area contributed by atoms with E-state index < -0.39 is 0 Å². The fourth-order valence-corrected chi connectivity index (χ4v) is 2.48. The molecule has 19 heavy (non-hydrogen) atoms. The first-order valence-electron chi connectivity index (χ1n) is 6.47. The van der Waals surface area contributed by atoms with Crippen LogP contribution in [-0.2, 0) is 12.8 Å². The van der Waals surface area contributed by atoms with Crippen LogP contribution in [0.5, 0.6) is 0 Å². The average Bonchev–Trinajstić information content (AvgIpc) is 2.43. The zero-order valence-corrected chi connectivity index (χ0v) is 12.6. The maximum atomic E-state index is 6.19. The van der Waals surface area contributed by atoms with Gasteiger partial charge in [0.2, 0.25) is 0 Å². The van der Waals surface area contributed by atoms with E-state index in [4.69, 9.17) is 23.2 Å². The molecule has 0 radical (unpaired) electrons. The fourth-order valence-electron chi connectivity index (χ4n) is 1.91. The quantitative estimate of drug-likeness (QED) is 0.745. The third kappa shape index (κ3) is 3.26. The second-order valence-corrected chi connectivity index (χ2v) is 5.12. The summed E-state index contributed by atoms with van der Waals surface area (Å²) in [5.74, 6) is 0.581. The number of aryl methyl sites for hydroxylation is 1. The standard InChI is InChI=1S/C15H16Cl2N2/c1-3-5-12-13(16)18-15(19-14(12)17)11-8-6-10(4-2)7-9-11/h6-9H,3-5H2,1-2H3. The Bertz CT molecular complexity index is 542. The minimum Gasteiger partial charge on any atom is -0.216 e. The van der Waals surface area contributed by atoms with E-state index in [0.29, 0.717) is 16.1 Å². The van der Waals surface area contributed by atoms with Crippen molar-refractivity contribution >= 4 is 23.2 Å². The summed E-state index contributed by atoms with van der Waals surface area (Å²) in [6, 6.07) is 8.14. The summed E-state index contributed by atoms with van der Waals surface area (Å²) in [5, 5.41) is 0.910. The Labute approximate surface area is 123 Å². The molecule has 0 saturated heterocycles. The highest BCUT2D eigenvalue weighted by atomic mass is 35.5. The molecule has 1 aromatic heterocycles. The summed E-state index contributed by atoms with van der Waals surface area (Å²) in [5.41, 5.74) is 3.05. The Balaban J connectivity index is 2.39. The van der Waals surface area contributed by atoms with Crippen molar-refractivity contribution in [2.45, 2.75) is 33.1 Å². The first-order chi connectivity index (χ1) is 9.15. The zero-order chi connectivity index (χ0) is 13.8. The van der Waals surface area contributed by atoms with Crippen molar-refractivity contribution in [1.29, 1.82) is 0 Å². The molecule has 0 unspecified atom stereocenters. The van der Waals surface area contributed by atoms with Crippen molar-refractivity contribution < 1.29 is 0 Å². The second kappa shape index (κ2) is 6.36. The lowest BCUT2D eigenvalue weighted by molar-refractivity contribution is 0.903. The van der Waals surface area contributed by atoms with Gasteiger partial charge in [0.05, 0.1) is 0 Å². The van der Waals surface area contributed by atoms with Gasteiger partial charge in [-0.1, -0.05) is 67.7 Å². The fraction of sp³-hybridized carbons (Fsp3) is 0.333. The molecular formula is C15H16Cl2N2. The van der Waals surface area contributed by atoms with Crippen LogP contribution < -0.4 is 0 Å². The molecule has 0 aliphatic rings. The van der Waals surface area contributed by atoms with Gasteiger partial charge < -0.3 is 0 Å². The minimum atomic E-state index is 0.455. The first-order valence-corrected chi connectivity index (χ1v) is 7.22. The van der Waals surface area contributed by atoms with Gasteiger partial charge in [-0.25, -0.2) is 9.97 Å². The first kappa shape index (κ1) is 14.3. The average molecular weight is 295 g/mol. The molecule has 100 valence electrons. The lowest BCUT2D eigenvalue weighted by Gasteiger charge is -2.07. The van der Waals surface area contributed by atoms with Crippen LogP contribution in [0.3, 0.4) is 0 Å². The van der Waals surface area contributed by atoms with Crippen molar-refractivity contribution in [2.24, 2.45) is 0 Å². The van der Waals surface area contributed by atoms with Gasteiger partial charge in [-0.05, 0) is 18.4 Å². The highest BCUT2D eigenvalue weighted by molar-refractivity contribution is 6.34. The van der Waals surface area contributed by atoms with Crippen LogP contribution in [0, 0.1) is 0 Å². The molecule has 0 spiro atoms. The van der Waals surface area contributed by atoms with Crippen LogP contribution in [0.25, 0.3) is 11.4 Å². The van der Waals surface area contributed by atoms with Crippen molar-refractivity contribution in [2.75, 3.05) is 0 Å². The van der Waals surface area contributed by atoms with E-state index in [9.17, 15) is 0 Å². The number of hydrogen-bond acceptors (Lipinski definition) is 2. The summed E-state index contributed by atoms with van der Waals surface area (Å²) in [6.07, 6.45) is 2.78. The van der Waals surface area contributed by atoms with Crippen LogP contribution in [0.4, 0.5) is 0 Å². The van der Waals surface area contributed by atoms with Gasteiger partial charge in [0, 0.05) is 11.1 Å². The van der Waals surface area contributed by atoms with Crippen LogP contribution in [0.15, 0.2) is 24.3 Å². The minimum absolute atomic E-state index is 0.455. The summed E-state index contributed by atoms with van der Waals surface area (Å²) >= 11 is 12.4. The maximum Gasteiger partial charge on any atom is 0.162 e. The van der Waals surface area contributed by atoms with Crippen LogP contribution >= 0.6 is 23.2 Å². The van der Waals surface area contributed by atoms with E-state index in [1.54, 1.807) is 0 Å². The molecule has 0 saturated carbocycles. The number of benzene rings is 1. The molecular weight excluding hydrogens is 279 g/mol. The Morgan fingerprint density at radius 1 is 0.947 bits per heavy atom. The van der Waals surface area contributed by atoms with Gasteiger partial charge in [0.1, 0.15) is 10.3 Å². The van der Waals surface area contributed by atoms with E-state index in [1.807, 2.05) is 12.1 Å². The normalized spacial score (nSPS) is 10.7. The summed E-state index contributed by atoms with van der Waals surface area (Å²) in [4.78, 5) is 8.70. The molecule has 0 amide bonds. The predicted molar refractivity (Wildman–Crippen MR) is 80.9 cm³/mol. The number of hydrogen-bond donors (Lipinski definition) is 0. The van der Waals surface area contributed by atoms with E-state index in [2.05, 4.69) is 35.9 Å². The van der Waals surface area contributed by atoms with E-state index >= 15 is 0 Å². The van der Waals surface area contributed by atoms with Crippen LogP contribution in [0.1, 0.15) is 31.4 Å². The number of aromatic nitrogens is 2. The summed E-state index contributed by atoms with van der Waals surface area (Å²) in [6.45, 7) is 4.20. The topological polar surface area (TPSA) is 25.8 Å². The number of halogens is 2. The molecule has 2 rings (SSSR count). The van der Waals surface area contributed by atoms with Crippen LogP contribution in [0.2, 0.25) is 10.3 Å². The maximum absolute atomic E-state index is 6.19. The smallest absolute Gasteiger partial charge is 0.162 e. The highest BCUT2D eigenvalue weighted by Crippen LogP contribution is 2.26. The zero-order valence-electron chi connectivity index (χ0n) is 11.1.